The van der Waals surface area contributed by atoms with Gasteiger partial charge in [0.2, 0.25) is 0 Å². The van der Waals surface area contributed by atoms with Gasteiger partial charge in [-0.25, -0.2) is 4.79 Å². The number of rotatable bonds is 6. The number of ether oxygens (including phenoxy) is 1. The fourth-order valence-electron chi connectivity index (χ4n) is 1.78. The minimum Gasteiger partial charge on any atom is -0.510 e. The van der Waals surface area contributed by atoms with E-state index < -0.39 is 5.97 Å². The van der Waals surface area contributed by atoms with Gasteiger partial charge in [-0.05, 0) is 25.5 Å². The number of likely N-dealkylation sites (N-methyl/N-ethyl adjacent to an activating group) is 1. The number of hydrogen-bond donors (Lipinski definition) is 1. The lowest BCUT2D eigenvalue weighted by atomic mass is 10.2. The van der Waals surface area contributed by atoms with E-state index in [-0.39, 0.29) is 18.1 Å². The lowest BCUT2D eigenvalue weighted by molar-refractivity contribution is -0.138. The summed E-state index contributed by atoms with van der Waals surface area (Å²) in [4.78, 5) is 13.6. The zero-order valence-corrected chi connectivity index (χ0v) is 11.7. The van der Waals surface area contributed by atoms with Crippen LogP contribution in [0.4, 0.5) is 5.69 Å². The molecule has 0 saturated carbocycles. The third kappa shape index (κ3) is 4.02. The molecule has 0 aromatic heterocycles. The third-order valence-electron chi connectivity index (χ3n) is 2.71. The van der Waals surface area contributed by atoms with Crippen LogP contribution in [0.1, 0.15) is 26.7 Å². The van der Waals surface area contributed by atoms with Crippen molar-refractivity contribution in [2.24, 2.45) is 0 Å². The smallest absolute Gasteiger partial charge is 0.358 e. The molecule has 0 unspecified atom stereocenters. The van der Waals surface area contributed by atoms with Crippen LogP contribution < -0.4 is 4.90 Å². The average molecular weight is 263 g/mol. The van der Waals surface area contributed by atoms with E-state index in [0.29, 0.717) is 6.42 Å². The van der Waals surface area contributed by atoms with Gasteiger partial charge in [0, 0.05) is 19.2 Å². The number of aliphatic hydroxyl groups is 1. The Morgan fingerprint density at radius 1 is 1.26 bits per heavy atom. The van der Waals surface area contributed by atoms with Crippen LogP contribution in [0, 0.1) is 0 Å². The second kappa shape index (κ2) is 7.46. The third-order valence-corrected chi connectivity index (χ3v) is 2.71. The number of nitrogens with zero attached hydrogens (tertiary/aromatic N) is 1. The molecule has 0 saturated heterocycles. The highest BCUT2D eigenvalue weighted by molar-refractivity contribution is 5.93. The fourth-order valence-corrected chi connectivity index (χ4v) is 1.78. The van der Waals surface area contributed by atoms with E-state index in [9.17, 15) is 9.90 Å². The van der Waals surface area contributed by atoms with Gasteiger partial charge in [0.25, 0.3) is 0 Å². The Balaban J connectivity index is 3.10. The molecular formula is C15H21NO3. The Hall–Kier alpha value is -1.97. The summed E-state index contributed by atoms with van der Waals surface area (Å²) in [5, 5.41) is 10.1. The molecule has 0 radical (unpaired) electrons. The number of hydrogen-bond acceptors (Lipinski definition) is 4. The molecule has 0 aliphatic heterocycles. The Labute approximate surface area is 114 Å². The molecule has 0 heterocycles. The number of para-hydroxylation sites is 1. The lowest BCUT2D eigenvalue weighted by Gasteiger charge is -2.22. The largest absolute Gasteiger partial charge is 0.510 e. The monoisotopic (exact) mass is 263 g/mol. The number of benzene rings is 1. The van der Waals surface area contributed by atoms with Crippen LogP contribution in [-0.2, 0) is 9.53 Å². The zero-order chi connectivity index (χ0) is 14.3. The highest BCUT2D eigenvalue weighted by Crippen LogP contribution is 2.21. The number of anilines is 1. The Morgan fingerprint density at radius 2 is 1.89 bits per heavy atom. The molecular weight excluding hydrogens is 242 g/mol. The Kier molecular flexibility index (Phi) is 5.93. The second-order valence-corrected chi connectivity index (χ2v) is 4.16. The van der Waals surface area contributed by atoms with Crippen molar-refractivity contribution in [3.63, 3.8) is 0 Å². The molecule has 0 bridgehead atoms. The maximum atomic E-state index is 12.0. The summed E-state index contributed by atoms with van der Waals surface area (Å²) in [6.45, 7) is 3.97. The van der Waals surface area contributed by atoms with Gasteiger partial charge in [-0.15, -0.1) is 0 Å². The summed E-state index contributed by atoms with van der Waals surface area (Å²) < 4.78 is 5.02. The molecule has 1 rings (SSSR count). The number of allylic oxidation sites excluding steroid dienone is 1. The minimum atomic E-state index is -0.500. The first-order valence-corrected chi connectivity index (χ1v) is 6.49. The zero-order valence-electron chi connectivity index (χ0n) is 11.7. The average Bonchev–Trinajstić information content (AvgIpc) is 2.40. The first-order valence-electron chi connectivity index (χ1n) is 6.49. The van der Waals surface area contributed by atoms with Gasteiger partial charge in [0.05, 0.1) is 6.61 Å². The molecule has 0 fully saturated rings. The molecule has 0 aliphatic rings. The van der Waals surface area contributed by atoms with E-state index in [4.69, 9.17) is 4.74 Å². The normalized spacial score (nSPS) is 11.7. The highest BCUT2D eigenvalue weighted by Gasteiger charge is 2.21. The van der Waals surface area contributed by atoms with Crippen molar-refractivity contribution in [2.75, 3.05) is 18.6 Å². The maximum absolute atomic E-state index is 12.0. The molecule has 19 heavy (non-hydrogen) atoms. The van der Waals surface area contributed by atoms with Crippen molar-refractivity contribution >= 4 is 11.7 Å². The van der Waals surface area contributed by atoms with Gasteiger partial charge in [-0.3, -0.25) is 0 Å². The molecule has 4 heteroatoms. The van der Waals surface area contributed by atoms with Crippen molar-refractivity contribution in [1.29, 1.82) is 0 Å². The van der Waals surface area contributed by atoms with Crippen LogP contribution >= 0.6 is 0 Å². The highest BCUT2D eigenvalue weighted by atomic mass is 16.5. The van der Waals surface area contributed by atoms with Crippen molar-refractivity contribution in [1.82, 2.24) is 0 Å². The van der Waals surface area contributed by atoms with Crippen LogP contribution in [-0.4, -0.2) is 24.7 Å². The molecule has 0 amide bonds. The lowest BCUT2D eigenvalue weighted by Crippen LogP contribution is -2.26. The number of carbonyl (C=O) groups excluding carboxylic acids is 1. The molecule has 104 valence electrons. The first-order chi connectivity index (χ1) is 9.11. The Morgan fingerprint density at radius 3 is 2.42 bits per heavy atom. The van der Waals surface area contributed by atoms with Crippen molar-refractivity contribution in [2.45, 2.75) is 26.7 Å². The summed E-state index contributed by atoms with van der Waals surface area (Å²) in [6, 6.07) is 9.41. The van der Waals surface area contributed by atoms with Gasteiger partial charge in [-0.1, -0.05) is 25.1 Å². The number of esters is 1. The van der Waals surface area contributed by atoms with Gasteiger partial charge < -0.3 is 14.7 Å². The standard InChI is InChI=1S/C15H21NO3/c1-4-9-13(17)14(15(18)19-5-2)16(3)12-10-7-6-8-11-12/h6-8,10-11,17H,4-5,9H2,1-3H3/b14-13+. The summed E-state index contributed by atoms with van der Waals surface area (Å²) in [5.41, 5.74) is 1.03. The predicted molar refractivity (Wildman–Crippen MR) is 76.0 cm³/mol. The predicted octanol–water partition coefficient (Wildman–Crippen LogP) is 3.26. The number of carbonyl (C=O) groups is 1. The maximum Gasteiger partial charge on any atom is 0.358 e. The Bertz CT molecular complexity index is 440. The van der Waals surface area contributed by atoms with Crippen molar-refractivity contribution < 1.29 is 14.6 Å². The van der Waals surface area contributed by atoms with E-state index in [1.165, 1.54) is 0 Å². The van der Waals surface area contributed by atoms with Crippen LogP contribution in [0.25, 0.3) is 0 Å². The van der Waals surface area contributed by atoms with E-state index in [1.807, 2.05) is 37.3 Å². The summed E-state index contributed by atoms with van der Waals surface area (Å²) in [7, 11) is 1.74. The molecule has 1 N–H and O–H groups in total. The van der Waals surface area contributed by atoms with Crippen molar-refractivity contribution in [3.05, 3.63) is 41.8 Å². The molecule has 1 aromatic carbocycles. The van der Waals surface area contributed by atoms with Gasteiger partial charge >= 0.3 is 5.97 Å². The van der Waals surface area contributed by atoms with Gasteiger partial charge in [0.15, 0.2) is 5.70 Å². The molecule has 0 aliphatic carbocycles. The molecule has 0 spiro atoms. The van der Waals surface area contributed by atoms with Crippen LogP contribution in [0.15, 0.2) is 41.8 Å². The van der Waals surface area contributed by atoms with E-state index in [0.717, 1.165) is 12.1 Å². The summed E-state index contributed by atoms with van der Waals surface area (Å²) >= 11 is 0. The summed E-state index contributed by atoms with van der Waals surface area (Å²) in [6.07, 6.45) is 1.21. The van der Waals surface area contributed by atoms with Gasteiger partial charge in [-0.2, -0.15) is 0 Å². The van der Waals surface area contributed by atoms with E-state index >= 15 is 0 Å². The fraction of sp³-hybridized carbons (Fsp3) is 0.400. The van der Waals surface area contributed by atoms with E-state index in [2.05, 4.69) is 0 Å². The van der Waals surface area contributed by atoms with Crippen LogP contribution in [0.5, 0.6) is 0 Å². The minimum absolute atomic E-state index is 0.0623. The van der Waals surface area contributed by atoms with Crippen LogP contribution in [0.2, 0.25) is 0 Å². The topological polar surface area (TPSA) is 49.8 Å². The van der Waals surface area contributed by atoms with Crippen molar-refractivity contribution in [3.8, 4) is 0 Å². The molecule has 1 aromatic rings. The molecule has 0 atom stereocenters. The molecule has 4 nitrogen and oxygen atoms in total. The van der Waals surface area contributed by atoms with E-state index in [1.54, 1.807) is 18.9 Å². The van der Waals surface area contributed by atoms with Gasteiger partial charge in [0.1, 0.15) is 5.76 Å². The first kappa shape index (κ1) is 15.1. The summed E-state index contributed by atoms with van der Waals surface area (Å²) in [5.74, 6) is -0.438. The second-order valence-electron chi connectivity index (χ2n) is 4.16. The SMILES string of the molecule is CCC/C(O)=C(/C(=O)OCC)N(C)c1ccccc1. The number of aliphatic hydroxyl groups excluding tert-OH is 1. The van der Waals surface area contributed by atoms with Crippen LogP contribution in [0.3, 0.4) is 0 Å². The quantitative estimate of drug-likeness (QED) is 0.486.